The van der Waals surface area contributed by atoms with Crippen molar-refractivity contribution in [3.8, 4) is 0 Å². The lowest BCUT2D eigenvalue weighted by molar-refractivity contribution is 0.575. The largest absolute Gasteiger partial charge is 0.169 e. The van der Waals surface area contributed by atoms with Gasteiger partial charge in [-0.3, -0.25) is 0 Å². The van der Waals surface area contributed by atoms with Crippen LogP contribution in [0.5, 0.6) is 0 Å². The highest BCUT2D eigenvalue weighted by Crippen LogP contribution is 2.24. The summed E-state index contributed by atoms with van der Waals surface area (Å²) in [4.78, 5) is 0. The highest BCUT2D eigenvalue weighted by Gasteiger charge is 2.15. The topological polar surface area (TPSA) is 0 Å². The number of hydrogen-bond acceptors (Lipinski definition) is 1. The zero-order chi connectivity index (χ0) is 11.7. The average molecular weight is 216 g/mol. The summed E-state index contributed by atoms with van der Waals surface area (Å²) in [5.74, 6) is 3.45. The van der Waals surface area contributed by atoms with E-state index < -0.39 is 0 Å². The first kappa shape index (κ1) is 16.8. The van der Waals surface area contributed by atoms with Crippen LogP contribution in [0, 0.1) is 11.8 Å². The molecule has 0 bridgehead atoms. The van der Waals surface area contributed by atoms with Crippen molar-refractivity contribution in [2.24, 2.45) is 11.8 Å². The van der Waals surface area contributed by atoms with Crippen LogP contribution in [0.25, 0.3) is 0 Å². The van der Waals surface area contributed by atoms with Crippen molar-refractivity contribution < 1.29 is 0 Å². The molecule has 2 unspecified atom stereocenters. The number of rotatable bonds is 4. The molecular formula is C12H29BS. The van der Waals surface area contributed by atoms with Crippen LogP contribution in [0.1, 0.15) is 41.5 Å². The molecule has 0 aromatic heterocycles. The Morgan fingerprint density at radius 3 is 1.07 bits per heavy atom. The molecule has 0 saturated carbocycles. The van der Waals surface area contributed by atoms with Gasteiger partial charge in [0.05, 0.1) is 0 Å². The minimum atomic E-state index is 0.844. The molecule has 0 spiro atoms. The molecule has 0 N–H and O–H groups in total. The Kier molecular flexibility index (Phi) is 12.0. The maximum absolute atomic E-state index is 2.36. The predicted octanol–water partition coefficient (Wildman–Crippen LogP) is 4.33. The van der Waals surface area contributed by atoms with Crippen molar-refractivity contribution >= 4 is 19.0 Å². The number of hydrogen-bond donors (Lipinski definition) is 0. The van der Waals surface area contributed by atoms with Crippen LogP contribution < -0.4 is 0 Å². The maximum Gasteiger partial charge on any atom is 0.127 e. The first-order chi connectivity index (χ1) is 6.36. The van der Waals surface area contributed by atoms with Gasteiger partial charge in [-0.15, -0.1) is 0 Å². The van der Waals surface area contributed by atoms with Crippen LogP contribution in [0.3, 0.4) is 0 Å². The third-order valence-corrected chi connectivity index (χ3v) is 3.02. The minimum Gasteiger partial charge on any atom is -0.169 e. The van der Waals surface area contributed by atoms with Crippen molar-refractivity contribution in [1.29, 1.82) is 0 Å². The van der Waals surface area contributed by atoms with Crippen molar-refractivity contribution in [1.82, 2.24) is 0 Å². The average Bonchev–Trinajstić information content (AvgIpc) is 2.05. The van der Waals surface area contributed by atoms with Crippen LogP contribution >= 0.6 is 11.8 Å². The first-order valence-corrected chi connectivity index (χ1v) is 7.40. The van der Waals surface area contributed by atoms with Gasteiger partial charge in [-0.2, -0.15) is 11.8 Å². The second-order valence-electron chi connectivity index (χ2n) is 5.09. The Balaban J connectivity index is 0. The fourth-order valence-corrected chi connectivity index (χ4v) is 1.13. The lowest BCUT2D eigenvalue weighted by atomic mass is 9.50. The summed E-state index contributed by atoms with van der Waals surface area (Å²) < 4.78 is 0. The zero-order valence-corrected chi connectivity index (χ0v) is 12.2. The fourth-order valence-electron chi connectivity index (χ4n) is 1.13. The molecule has 0 nitrogen and oxygen atoms in total. The van der Waals surface area contributed by atoms with E-state index in [9.17, 15) is 0 Å². The normalized spacial score (nSPS) is 14.7. The lowest BCUT2D eigenvalue weighted by Crippen LogP contribution is -2.14. The minimum absolute atomic E-state index is 0.844. The van der Waals surface area contributed by atoms with Crippen molar-refractivity contribution in [2.75, 3.05) is 12.5 Å². The van der Waals surface area contributed by atoms with E-state index in [1.54, 1.807) is 11.8 Å². The van der Waals surface area contributed by atoms with E-state index in [0.717, 1.165) is 23.5 Å². The molecule has 0 heterocycles. The molecule has 0 aromatic rings. The summed E-state index contributed by atoms with van der Waals surface area (Å²) in [6, 6.07) is 0. The van der Waals surface area contributed by atoms with Crippen LogP contribution in [-0.4, -0.2) is 19.8 Å². The summed E-state index contributed by atoms with van der Waals surface area (Å²) in [6.45, 7) is 14.0. The summed E-state index contributed by atoms with van der Waals surface area (Å²) in [5.41, 5.74) is 0. The predicted molar refractivity (Wildman–Crippen MR) is 75.1 cm³/mol. The molecule has 0 aliphatic heterocycles. The van der Waals surface area contributed by atoms with Gasteiger partial charge in [0.2, 0.25) is 0 Å². The molecule has 0 amide bonds. The fraction of sp³-hybridized carbons (Fsp3) is 1.00. The number of thioether (sulfide) groups is 1. The Hall–Kier alpha value is 0.415. The van der Waals surface area contributed by atoms with Gasteiger partial charge >= 0.3 is 0 Å². The first-order valence-electron chi connectivity index (χ1n) is 5.76. The second kappa shape index (κ2) is 9.95. The van der Waals surface area contributed by atoms with E-state index in [0.29, 0.717) is 0 Å². The van der Waals surface area contributed by atoms with Gasteiger partial charge in [-0.25, -0.2) is 0 Å². The van der Waals surface area contributed by atoms with Gasteiger partial charge in [0, 0.05) is 0 Å². The summed E-state index contributed by atoms with van der Waals surface area (Å²) in [6.07, 6.45) is 4.08. The van der Waals surface area contributed by atoms with Crippen molar-refractivity contribution in [3.05, 3.63) is 0 Å². The Labute approximate surface area is 96.9 Å². The van der Waals surface area contributed by atoms with Crippen LogP contribution in [0.15, 0.2) is 0 Å². The molecule has 0 aliphatic carbocycles. The van der Waals surface area contributed by atoms with Crippen LogP contribution in [-0.2, 0) is 0 Å². The highest BCUT2D eigenvalue weighted by molar-refractivity contribution is 7.97. The summed E-state index contributed by atoms with van der Waals surface area (Å²) in [7, 11) is 1.38. The van der Waals surface area contributed by atoms with Gasteiger partial charge < -0.3 is 0 Å². The van der Waals surface area contributed by atoms with E-state index in [2.05, 4.69) is 41.5 Å². The Morgan fingerprint density at radius 1 is 0.714 bits per heavy atom. The van der Waals surface area contributed by atoms with E-state index in [4.69, 9.17) is 0 Å². The third kappa shape index (κ3) is 10.5. The molecule has 2 heteroatoms. The van der Waals surface area contributed by atoms with Crippen molar-refractivity contribution in [2.45, 2.75) is 53.2 Å². The van der Waals surface area contributed by atoms with Crippen LogP contribution in [0.2, 0.25) is 11.6 Å². The third-order valence-electron chi connectivity index (χ3n) is 3.02. The van der Waals surface area contributed by atoms with Gasteiger partial charge in [-0.05, 0) is 12.5 Å². The Bertz CT molecular complexity index is 101. The quantitative estimate of drug-likeness (QED) is 0.630. The summed E-state index contributed by atoms with van der Waals surface area (Å²) >= 11 is 1.75. The molecule has 0 saturated heterocycles. The molecule has 0 rings (SSSR count). The molecule has 14 heavy (non-hydrogen) atoms. The van der Waals surface area contributed by atoms with E-state index in [1.165, 1.54) is 7.28 Å². The monoisotopic (exact) mass is 216 g/mol. The molecule has 0 radical (unpaired) electrons. The Morgan fingerprint density at radius 2 is 0.929 bits per heavy atom. The smallest absolute Gasteiger partial charge is 0.127 e. The molecule has 86 valence electrons. The molecule has 0 aliphatic rings. The summed E-state index contributed by atoms with van der Waals surface area (Å²) in [5, 5.41) is 0. The van der Waals surface area contributed by atoms with Gasteiger partial charge in [0.15, 0.2) is 0 Å². The molecule has 0 aromatic carbocycles. The maximum atomic E-state index is 2.36. The van der Waals surface area contributed by atoms with Crippen LogP contribution in [0.4, 0.5) is 0 Å². The lowest BCUT2D eigenvalue weighted by Gasteiger charge is -2.21. The van der Waals surface area contributed by atoms with Gasteiger partial charge in [0.1, 0.15) is 7.28 Å². The van der Waals surface area contributed by atoms with Crippen molar-refractivity contribution in [3.63, 3.8) is 0 Å². The zero-order valence-electron chi connectivity index (χ0n) is 11.4. The van der Waals surface area contributed by atoms with E-state index in [-0.39, 0.29) is 0 Å². The molecule has 0 fully saturated rings. The second-order valence-corrected chi connectivity index (χ2v) is 5.90. The van der Waals surface area contributed by atoms with E-state index >= 15 is 0 Å². The molecule has 2 atom stereocenters. The van der Waals surface area contributed by atoms with E-state index in [1.807, 2.05) is 12.5 Å². The van der Waals surface area contributed by atoms with Gasteiger partial charge in [-0.1, -0.05) is 65.0 Å². The molecular weight excluding hydrogens is 187 g/mol. The van der Waals surface area contributed by atoms with Gasteiger partial charge in [0.25, 0.3) is 0 Å². The SMILES string of the molecule is CC(C)C(C)BC(C)C(C)C.CSC. The highest BCUT2D eigenvalue weighted by atomic mass is 32.2. The standard InChI is InChI=1S/C10H23B.C2H6S/c1-7(2)9(5)11-10(6)8(3)4;1-3-2/h7-11H,1-6H3;1-2H3.